The van der Waals surface area contributed by atoms with Crippen molar-refractivity contribution in [2.24, 2.45) is 10.7 Å². The molecule has 1 aromatic heterocycles. The van der Waals surface area contributed by atoms with E-state index >= 15 is 0 Å². The van der Waals surface area contributed by atoms with Gasteiger partial charge in [-0.05, 0) is 12.5 Å². The highest BCUT2D eigenvalue weighted by molar-refractivity contribution is 14.0. The monoisotopic (exact) mass is 443 g/mol. The maximum Gasteiger partial charge on any atom is 0.191 e. The largest absolute Gasteiger partial charge is 0.370 e. The molecule has 3 rings (SSSR count). The summed E-state index contributed by atoms with van der Waals surface area (Å²) in [6.07, 6.45) is 1.85. The summed E-state index contributed by atoms with van der Waals surface area (Å²) >= 11 is 1.68. The van der Waals surface area contributed by atoms with Crippen LogP contribution in [-0.4, -0.2) is 42.0 Å². The van der Waals surface area contributed by atoms with Crippen LogP contribution in [0, 0.1) is 6.92 Å². The zero-order valence-electron chi connectivity index (χ0n) is 13.2. The number of piperazine rings is 1. The number of anilines is 1. The molecule has 2 N–H and O–H groups in total. The summed E-state index contributed by atoms with van der Waals surface area (Å²) in [7, 11) is 0. The average Bonchev–Trinajstić information content (AvgIpc) is 3.07. The topological polar surface area (TPSA) is 57.8 Å². The van der Waals surface area contributed by atoms with Gasteiger partial charge in [0.2, 0.25) is 0 Å². The van der Waals surface area contributed by atoms with Gasteiger partial charge in [-0.2, -0.15) is 0 Å². The number of aliphatic imine (C=N–C) groups is 1. The number of rotatable bonds is 3. The van der Waals surface area contributed by atoms with E-state index in [0.29, 0.717) is 12.5 Å². The van der Waals surface area contributed by atoms with E-state index in [9.17, 15) is 0 Å². The summed E-state index contributed by atoms with van der Waals surface area (Å²) < 4.78 is 0. The highest BCUT2D eigenvalue weighted by Crippen LogP contribution is 2.18. The highest BCUT2D eigenvalue weighted by Gasteiger charge is 2.19. The van der Waals surface area contributed by atoms with E-state index in [0.717, 1.165) is 31.3 Å². The van der Waals surface area contributed by atoms with Crippen LogP contribution >= 0.6 is 35.3 Å². The van der Waals surface area contributed by atoms with Gasteiger partial charge in [-0.3, -0.25) is 0 Å². The Morgan fingerprint density at radius 2 is 2.09 bits per heavy atom. The first kappa shape index (κ1) is 18.0. The standard InChI is InChI=1S/C16H21N5S.HI/c1-13-3-2-4-14(11-13)12-19-15(17)20-6-8-21(9-7-20)16-18-5-10-22-16;/h2-5,10-11H,6-9,12H2,1H3,(H2,17,19);1H. The van der Waals surface area contributed by atoms with Crippen LogP contribution in [0.3, 0.4) is 0 Å². The van der Waals surface area contributed by atoms with Crippen molar-refractivity contribution in [1.82, 2.24) is 9.88 Å². The fraction of sp³-hybridized carbons (Fsp3) is 0.375. The van der Waals surface area contributed by atoms with Crippen LogP contribution in [0.15, 0.2) is 40.8 Å². The predicted octanol–water partition coefficient (Wildman–Crippen LogP) is 2.71. The molecule has 0 unspecified atom stereocenters. The quantitative estimate of drug-likeness (QED) is 0.451. The number of hydrogen-bond acceptors (Lipinski definition) is 4. The number of aryl methyl sites for hydroxylation is 1. The molecule has 0 amide bonds. The van der Waals surface area contributed by atoms with E-state index in [1.807, 2.05) is 11.6 Å². The third-order valence-corrected chi connectivity index (χ3v) is 4.63. The second kappa shape index (κ2) is 8.49. The lowest BCUT2D eigenvalue weighted by molar-refractivity contribution is 0.380. The molecule has 124 valence electrons. The smallest absolute Gasteiger partial charge is 0.191 e. The van der Waals surface area contributed by atoms with Gasteiger partial charge in [-0.25, -0.2) is 9.98 Å². The summed E-state index contributed by atoms with van der Waals surface area (Å²) in [5, 5.41) is 3.11. The maximum atomic E-state index is 6.14. The fourth-order valence-corrected chi connectivity index (χ4v) is 3.28. The third kappa shape index (κ3) is 4.81. The van der Waals surface area contributed by atoms with E-state index in [2.05, 4.69) is 51.0 Å². The Hall–Kier alpha value is -1.35. The lowest BCUT2D eigenvalue weighted by Gasteiger charge is -2.35. The van der Waals surface area contributed by atoms with Gasteiger partial charge in [0, 0.05) is 37.8 Å². The first-order valence-corrected chi connectivity index (χ1v) is 8.35. The first-order chi connectivity index (χ1) is 10.7. The molecule has 0 atom stereocenters. The second-order valence-electron chi connectivity index (χ2n) is 5.45. The van der Waals surface area contributed by atoms with Gasteiger partial charge >= 0.3 is 0 Å². The van der Waals surface area contributed by atoms with E-state index in [4.69, 9.17) is 5.73 Å². The Labute approximate surface area is 158 Å². The minimum Gasteiger partial charge on any atom is -0.370 e. The number of benzene rings is 1. The van der Waals surface area contributed by atoms with Gasteiger partial charge in [-0.15, -0.1) is 35.3 Å². The molecular formula is C16H22IN5S. The van der Waals surface area contributed by atoms with Crippen molar-refractivity contribution in [2.45, 2.75) is 13.5 Å². The molecule has 2 aromatic rings. The highest BCUT2D eigenvalue weighted by atomic mass is 127. The van der Waals surface area contributed by atoms with Crippen molar-refractivity contribution >= 4 is 46.4 Å². The van der Waals surface area contributed by atoms with Crippen molar-refractivity contribution in [3.05, 3.63) is 47.0 Å². The first-order valence-electron chi connectivity index (χ1n) is 7.47. The third-order valence-electron chi connectivity index (χ3n) is 3.80. The molecular weight excluding hydrogens is 421 g/mol. The van der Waals surface area contributed by atoms with Gasteiger partial charge in [0.1, 0.15) is 0 Å². The number of guanidine groups is 1. The van der Waals surface area contributed by atoms with Gasteiger partial charge in [-0.1, -0.05) is 29.8 Å². The Balaban J connectivity index is 0.00000192. The van der Waals surface area contributed by atoms with E-state index in [1.54, 1.807) is 11.3 Å². The Morgan fingerprint density at radius 3 is 2.74 bits per heavy atom. The van der Waals surface area contributed by atoms with Gasteiger partial charge in [0.15, 0.2) is 11.1 Å². The van der Waals surface area contributed by atoms with Crippen LogP contribution in [-0.2, 0) is 6.54 Å². The van der Waals surface area contributed by atoms with Crippen molar-refractivity contribution in [2.75, 3.05) is 31.1 Å². The normalized spacial score (nSPS) is 15.4. The molecule has 0 aliphatic carbocycles. The Kier molecular flexibility index (Phi) is 6.64. The number of thiazole rings is 1. The Morgan fingerprint density at radius 1 is 1.30 bits per heavy atom. The lowest BCUT2D eigenvalue weighted by Crippen LogP contribution is -2.51. The molecule has 0 bridgehead atoms. The molecule has 23 heavy (non-hydrogen) atoms. The number of nitrogens with zero attached hydrogens (tertiary/aromatic N) is 4. The SMILES string of the molecule is Cc1cccc(CN=C(N)N2CCN(c3nccs3)CC2)c1.I. The summed E-state index contributed by atoms with van der Waals surface area (Å²) in [4.78, 5) is 13.3. The van der Waals surface area contributed by atoms with Gasteiger partial charge in [0.05, 0.1) is 6.54 Å². The van der Waals surface area contributed by atoms with Crippen LogP contribution in [0.5, 0.6) is 0 Å². The van der Waals surface area contributed by atoms with Gasteiger partial charge in [0.25, 0.3) is 0 Å². The summed E-state index contributed by atoms with van der Waals surface area (Å²) in [5.74, 6) is 0.639. The molecule has 1 aromatic carbocycles. The lowest BCUT2D eigenvalue weighted by atomic mass is 10.1. The minimum atomic E-state index is 0. The van der Waals surface area contributed by atoms with Crippen molar-refractivity contribution in [1.29, 1.82) is 0 Å². The number of hydrogen-bond donors (Lipinski definition) is 1. The van der Waals surface area contributed by atoms with E-state index in [-0.39, 0.29) is 24.0 Å². The van der Waals surface area contributed by atoms with Crippen molar-refractivity contribution in [3.63, 3.8) is 0 Å². The Bertz CT molecular complexity index is 636. The van der Waals surface area contributed by atoms with Crippen molar-refractivity contribution in [3.8, 4) is 0 Å². The van der Waals surface area contributed by atoms with Crippen LogP contribution in [0.4, 0.5) is 5.13 Å². The zero-order valence-corrected chi connectivity index (χ0v) is 16.3. The molecule has 7 heteroatoms. The van der Waals surface area contributed by atoms with Crippen LogP contribution in [0.25, 0.3) is 0 Å². The molecule has 5 nitrogen and oxygen atoms in total. The van der Waals surface area contributed by atoms with Crippen LogP contribution in [0.2, 0.25) is 0 Å². The summed E-state index contributed by atoms with van der Waals surface area (Å²) in [6.45, 7) is 6.39. The molecule has 0 saturated carbocycles. The molecule has 1 fully saturated rings. The number of aromatic nitrogens is 1. The van der Waals surface area contributed by atoms with E-state index in [1.165, 1.54) is 11.1 Å². The van der Waals surface area contributed by atoms with E-state index < -0.39 is 0 Å². The molecule has 1 saturated heterocycles. The van der Waals surface area contributed by atoms with Crippen LogP contribution < -0.4 is 10.6 Å². The zero-order chi connectivity index (χ0) is 15.4. The number of nitrogens with two attached hydrogens (primary N) is 1. The number of halogens is 1. The molecule has 0 spiro atoms. The van der Waals surface area contributed by atoms with Gasteiger partial charge < -0.3 is 15.5 Å². The predicted molar refractivity (Wildman–Crippen MR) is 108 cm³/mol. The molecule has 2 heterocycles. The van der Waals surface area contributed by atoms with Crippen molar-refractivity contribution < 1.29 is 0 Å². The second-order valence-corrected chi connectivity index (χ2v) is 6.33. The van der Waals surface area contributed by atoms with Crippen LogP contribution in [0.1, 0.15) is 11.1 Å². The molecule has 1 aliphatic rings. The summed E-state index contributed by atoms with van der Waals surface area (Å²) in [6, 6.07) is 8.39. The molecule has 1 aliphatic heterocycles. The maximum absolute atomic E-state index is 6.14. The average molecular weight is 443 g/mol. The molecule has 0 radical (unpaired) electrons. The summed E-state index contributed by atoms with van der Waals surface area (Å²) in [5.41, 5.74) is 8.59. The minimum absolute atomic E-state index is 0. The fourth-order valence-electron chi connectivity index (χ4n) is 2.58.